The molecule has 3 N–H and O–H groups in total. The number of hydrogen-bond acceptors (Lipinski definition) is 2. The average molecular weight is 246 g/mol. The summed E-state index contributed by atoms with van der Waals surface area (Å²) >= 11 is 0. The Morgan fingerprint density at radius 3 is 2.83 bits per heavy atom. The molecule has 4 nitrogen and oxygen atoms in total. The van der Waals surface area contributed by atoms with Gasteiger partial charge in [-0.15, -0.1) is 0 Å². The van der Waals surface area contributed by atoms with E-state index in [1.165, 1.54) is 0 Å². The number of aliphatic carboxylic acids is 1. The van der Waals surface area contributed by atoms with Crippen LogP contribution < -0.4 is 5.32 Å². The molecule has 0 saturated heterocycles. The van der Waals surface area contributed by atoms with Crippen LogP contribution in [-0.2, 0) is 4.79 Å². The second-order valence-electron chi connectivity index (χ2n) is 4.49. The van der Waals surface area contributed by atoms with Crippen molar-refractivity contribution in [2.24, 2.45) is 5.92 Å². The van der Waals surface area contributed by atoms with E-state index in [1.807, 2.05) is 38.1 Å². The number of hydrogen-bond donors (Lipinski definition) is 3. The molecule has 1 aromatic heterocycles. The first-order valence-corrected chi connectivity index (χ1v) is 6.17. The number of nitrogens with one attached hydrogen (secondary N) is 2. The van der Waals surface area contributed by atoms with Crippen molar-refractivity contribution in [3.8, 4) is 0 Å². The highest BCUT2D eigenvalue weighted by molar-refractivity contribution is 5.94. The van der Waals surface area contributed by atoms with Crippen LogP contribution in [0.15, 0.2) is 24.3 Å². The molecular weight excluding hydrogens is 228 g/mol. The van der Waals surface area contributed by atoms with Crippen LogP contribution in [0.25, 0.3) is 10.9 Å². The number of carboxylic acid groups (broad SMARTS) is 1. The number of carbonyl (C=O) groups is 1. The van der Waals surface area contributed by atoms with Crippen molar-refractivity contribution in [3.05, 3.63) is 30.0 Å². The lowest BCUT2D eigenvalue weighted by atomic mass is 10.1. The molecule has 4 heteroatoms. The minimum atomic E-state index is -0.748. The summed E-state index contributed by atoms with van der Waals surface area (Å²) in [6.07, 6.45) is 0.629. The van der Waals surface area contributed by atoms with Crippen LogP contribution in [0.4, 0.5) is 5.69 Å². The number of carboxylic acids is 1. The molecule has 0 radical (unpaired) electrons. The second-order valence-corrected chi connectivity index (χ2v) is 4.49. The molecule has 0 aliphatic heterocycles. The normalized spacial score (nSPS) is 12.6. The minimum Gasteiger partial charge on any atom is -0.481 e. The first-order valence-electron chi connectivity index (χ1n) is 6.17. The van der Waals surface area contributed by atoms with E-state index in [9.17, 15) is 4.79 Å². The van der Waals surface area contributed by atoms with Gasteiger partial charge in [-0.2, -0.15) is 0 Å². The first kappa shape index (κ1) is 12.5. The van der Waals surface area contributed by atoms with Gasteiger partial charge in [0, 0.05) is 23.1 Å². The van der Waals surface area contributed by atoms with Crippen molar-refractivity contribution >= 4 is 22.6 Å². The molecule has 0 aliphatic rings. The Labute approximate surface area is 106 Å². The zero-order chi connectivity index (χ0) is 13.1. The molecule has 0 aliphatic carbocycles. The molecule has 2 rings (SSSR count). The molecule has 18 heavy (non-hydrogen) atoms. The molecule has 1 atom stereocenters. The van der Waals surface area contributed by atoms with E-state index in [4.69, 9.17) is 5.11 Å². The molecule has 0 amide bonds. The third kappa shape index (κ3) is 2.32. The van der Waals surface area contributed by atoms with Crippen molar-refractivity contribution in [3.63, 3.8) is 0 Å². The maximum Gasteiger partial charge on any atom is 0.308 e. The molecule has 0 saturated carbocycles. The molecule has 1 unspecified atom stereocenters. The van der Waals surface area contributed by atoms with Crippen LogP contribution in [0.1, 0.15) is 19.0 Å². The molecule has 0 fully saturated rings. The van der Waals surface area contributed by atoms with Crippen molar-refractivity contribution in [2.45, 2.75) is 20.3 Å². The number of H-pyrrole nitrogens is 1. The minimum absolute atomic E-state index is 0.349. The SMILES string of the molecule is CCC(CNc1c(C)[nH]c2ccccc12)C(=O)O. The quantitative estimate of drug-likeness (QED) is 0.759. The summed E-state index contributed by atoms with van der Waals surface area (Å²) in [6.45, 7) is 4.33. The van der Waals surface area contributed by atoms with Crippen LogP contribution in [0.5, 0.6) is 0 Å². The number of para-hydroxylation sites is 1. The van der Waals surface area contributed by atoms with Gasteiger partial charge in [-0.1, -0.05) is 25.1 Å². The van der Waals surface area contributed by atoms with Gasteiger partial charge in [-0.25, -0.2) is 0 Å². The Hall–Kier alpha value is -1.97. The van der Waals surface area contributed by atoms with Crippen molar-refractivity contribution in [1.29, 1.82) is 0 Å². The summed E-state index contributed by atoms with van der Waals surface area (Å²) in [6, 6.07) is 8.01. The zero-order valence-corrected chi connectivity index (χ0v) is 10.7. The molecule has 1 heterocycles. The fourth-order valence-corrected chi connectivity index (χ4v) is 2.14. The first-order chi connectivity index (χ1) is 8.63. The van der Waals surface area contributed by atoms with Gasteiger partial charge in [0.15, 0.2) is 0 Å². The number of aromatic amines is 1. The van der Waals surface area contributed by atoms with Crippen LogP contribution in [0, 0.1) is 12.8 Å². The molecule has 0 bridgehead atoms. The van der Waals surface area contributed by atoms with E-state index in [0.29, 0.717) is 13.0 Å². The van der Waals surface area contributed by atoms with E-state index in [0.717, 1.165) is 22.3 Å². The van der Waals surface area contributed by atoms with Crippen LogP contribution in [0.2, 0.25) is 0 Å². The van der Waals surface area contributed by atoms with Gasteiger partial charge in [0.2, 0.25) is 0 Å². The van der Waals surface area contributed by atoms with Crippen molar-refractivity contribution < 1.29 is 9.90 Å². The third-order valence-corrected chi connectivity index (χ3v) is 3.26. The zero-order valence-electron chi connectivity index (χ0n) is 10.7. The van der Waals surface area contributed by atoms with Crippen LogP contribution in [-0.4, -0.2) is 22.6 Å². The predicted octanol–water partition coefficient (Wildman–Crippen LogP) is 3.00. The summed E-state index contributed by atoms with van der Waals surface area (Å²) in [7, 11) is 0. The smallest absolute Gasteiger partial charge is 0.308 e. The summed E-state index contributed by atoms with van der Waals surface area (Å²) in [5.41, 5.74) is 3.11. The predicted molar refractivity (Wildman–Crippen MR) is 72.9 cm³/mol. The Balaban J connectivity index is 2.21. The fourth-order valence-electron chi connectivity index (χ4n) is 2.14. The van der Waals surface area contributed by atoms with Crippen molar-refractivity contribution in [1.82, 2.24) is 4.98 Å². The van der Waals surface area contributed by atoms with Gasteiger partial charge in [0.25, 0.3) is 0 Å². The Bertz CT molecular complexity index is 560. The lowest BCUT2D eigenvalue weighted by Gasteiger charge is -2.12. The number of rotatable bonds is 5. The highest BCUT2D eigenvalue weighted by Gasteiger charge is 2.16. The second kappa shape index (κ2) is 5.12. The number of benzene rings is 1. The van der Waals surface area contributed by atoms with Gasteiger partial charge in [-0.05, 0) is 19.4 Å². The van der Waals surface area contributed by atoms with E-state index < -0.39 is 5.97 Å². The fraction of sp³-hybridized carbons (Fsp3) is 0.357. The van der Waals surface area contributed by atoms with E-state index in [1.54, 1.807) is 0 Å². The molecule has 1 aromatic carbocycles. The number of aryl methyl sites for hydroxylation is 1. The van der Waals surface area contributed by atoms with Gasteiger partial charge >= 0.3 is 5.97 Å². The maximum absolute atomic E-state index is 11.0. The van der Waals surface area contributed by atoms with Gasteiger partial charge in [0.1, 0.15) is 0 Å². The number of fused-ring (bicyclic) bond motifs is 1. The summed E-state index contributed by atoms with van der Waals surface area (Å²) in [5, 5.41) is 13.4. The Kier molecular flexibility index (Phi) is 3.55. The lowest BCUT2D eigenvalue weighted by Crippen LogP contribution is -2.22. The standard InChI is InChI=1S/C14H18N2O2/c1-3-10(14(17)18)8-15-13-9(2)16-12-7-5-4-6-11(12)13/h4-7,10,15-16H,3,8H2,1-2H3,(H,17,18). The van der Waals surface area contributed by atoms with E-state index in [-0.39, 0.29) is 5.92 Å². The number of aromatic nitrogens is 1. The van der Waals surface area contributed by atoms with E-state index in [2.05, 4.69) is 10.3 Å². The molecule has 0 spiro atoms. The summed E-state index contributed by atoms with van der Waals surface area (Å²) in [4.78, 5) is 14.3. The summed E-state index contributed by atoms with van der Waals surface area (Å²) in [5.74, 6) is -1.10. The molecule has 2 aromatic rings. The van der Waals surface area contributed by atoms with Gasteiger partial charge < -0.3 is 15.4 Å². The lowest BCUT2D eigenvalue weighted by molar-refractivity contribution is -0.141. The topological polar surface area (TPSA) is 65.1 Å². The highest BCUT2D eigenvalue weighted by atomic mass is 16.4. The molecular formula is C14H18N2O2. The molecule has 96 valence electrons. The highest BCUT2D eigenvalue weighted by Crippen LogP contribution is 2.27. The van der Waals surface area contributed by atoms with E-state index >= 15 is 0 Å². The van der Waals surface area contributed by atoms with Gasteiger partial charge in [0.05, 0.1) is 11.6 Å². The number of anilines is 1. The van der Waals surface area contributed by atoms with Crippen molar-refractivity contribution in [2.75, 3.05) is 11.9 Å². The average Bonchev–Trinajstić information content (AvgIpc) is 2.66. The van der Waals surface area contributed by atoms with Crippen LogP contribution in [0.3, 0.4) is 0 Å². The Morgan fingerprint density at radius 2 is 2.17 bits per heavy atom. The largest absolute Gasteiger partial charge is 0.481 e. The third-order valence-electron chi connectivity index (χ3n) is 3.26. The van der Waals surface area contributed by atoms with Crippen LogP contribution >= 0.6 is 0 Å². The maximum atomic E-state index is 11.0. The Morgan fingerprint density at radius 1 is 1.44 bits per heavy atom. The summed E-state index contributed by atoms with van der Waals surface area (Å²) < 4.78 is 0. The van der Waals surface area contributed by atoms with Gasteiger partial charge in [-0.3, -0.25) is 4.79 Å². The monoisotopic (exact) mass is 246 g/mol.